The average Bonchev–Trinajstić information content (AvgIpc) is 3.94. The monoisotopic (exact) mass is 853 g/mol. The Kier molecular flexibility index (Phi) is 34.1. The van der Waals surface area contributed by atoms with Crippen molar-refractivity contribution in [2.45, 2.75) is 199 Å². The van der Waals surface area contributed by atoms with Crippen LogP contribution in [0, 0.1) is 0 Å². The second kappa shape index (κ2) is 36.6. The summed E-state index contributed by atoms with van der Waals surface area (Å²) in [5.74, 6) is -0.880. The van der Waals surface area contributed by atoms with Crippen molar-refractivity contribution in [2.24, 2.45) is 0 Å². The topological polar surface area (TPSA) is 121 Å². The number of carbonyl (C=O) groups is 2. The molecule has 0 amide bonds. The van der Waals surface area contributed by atoms with Crippen LogP contribution in [0.1, 0.15) is 181 Å². The molecule has 1 aliphatic heterocycles. The maximum absolute atomic E-state index is 12.8. The second-order valence-electron chi connectivity index (χ2n) is 17.2. The fraction of sp³-hybridized carbons (Fsp3) is 0.792. The number of hydrogen-bond donors (Lipinski definition) is 1. The molecule has 0 aromatic rings. The number of phosphoric ester groups is 1. The Bertz CT molecular complexity index is 1210. The van der Waals surface area contributed by atoms with Crippen LogP contribution in [0.5, 0.6) is 0 Å². The first kappa shape index (κ1) is 54.9. The van der Waals surface area contributed by atoms with E-state index in [0.717, 1.165) is 57.8 Å². The molecule has 0 aliphatic carbocycles. The van der Waals surface area contributed by atoms with Crippen LogP contribution in [0.15, 0.2) is 48.6 Å². The van der Waals surface area contributed by atoms with Crippen molar-refractivity contribution in [1.29, 1.82) is 0 Å². The van der Waals surface area contributed by atoms with E-state index in [0.29, 0.717) is 17.4 Å². The maximum Gasteiger partial charge on any atom is 0.472 e. The Hall–Kier alpha value is -2.07. The Labute approximate surface area is 360 Å². The van der Waals surface area contributed by atoms with Crippen LogP contribution in [0.2, 0.25) is 0 Å². The number of phosphoric acid groups is 1. The van der Waals surface area contributed by atoms with Gasteiger partial charge in [0.1, 0.15) is 19.8 Å². The first-order chi connectivity index (χ1) is 28.5. The lowest BCUT2D eigenvalue weighted by atomic mass is 10.1. The first-order valence-corrected chi connectivity index (χ1v) is 25.0. The van der Waals surface area contributed by atoms with Gasteiger partial charge < -0.3 is 23.6 Å². The van der Waals surface area contributed by atoms with Crippen molar-refractivity contribution in [2.75, 3.05) is 47.5 Å². The molecule has 1 heterocycles. The summed E-state index contributed by atoms with van der Waals surface area (Å²) in [4.78, 5) is 35.5. The summed E-state index contributed by atoms with van der Waals surface area (Å²) < 4.78 is 40.2. The van der Waals surface area contributed by atoms with Gasteiger partial charge in [-0.05, 0) is 77.0 Å². The Balaban J connectivity index is 2.32. The van der Waals surface area contributed by atoms with Crippen molar-refractivity contribution >= 4 is 19.8 Å². The molecule has 10 nitrogen and oxygen atoms in total. The van der Waals surface area contributed by atoms with Gasteiger partial charge in [-0.25, -0.2) is 4.57 Å². The minimum atomic E-state index is -4.40. The minimum Gasteiger partial charge on any atom is -0.462 e. The van der Waals surface area contributed by atoms with E-state index < -0.39 is 32.5 Å². The van der Waals surface area contributed by atoms with Gasteiger partial charge in [0.05, 0.1) is 40.0 Å². The number of rotatable bonds is 41. The molecule has 1 fully saturated rings. The van der Waals surface area contributed by atoms with Crippen molar-refractivity contribution < 1.29 is 46.8 Å². The normalized spacial score (nSPS) is 17.4. The first-order valence-electron chi connectivity index (χ1n) is 23.5. The lowest BCUT2D eigenvalue weighted by Gasteiger charge is -2.24. The highest BCUT2D eigenvalue weighted by atomic mass is 31.2. The number of allylic oxidation sites excluding steroid dienone is 7. The lowest BCUT2D eigenvalue weighted by molar-refractivity contribution is -0.870. The number of quaternary nitrogens is 1. The highest BCUT2D eigenvalue weighted by molar-refractivity contribution is 7.47. The van der Waals surface area contributed by atoms with E-state index >= 15 is 0 Å². The number of hydrogen-bond acceptors (Lipinski definition) is 8. The lowest BCUT2D eigenvalue weighted by Crippen LogP contribution is -2.37. The largest absolute Gasteiger partial charge is 0.472 e. The molecule has 0 spiro atoms. The van der Waals surface area contributed by atoms with Gasteiger partial charge >= 0.3 is 19.8 Å². The maximum atomic E-state index is 12.8. The zero-order valence-corrected chi connectivity index (χ0v) is 39.1. The molecule has 59 heavy (non-hydrogen) atoms. The third-order valence-electron chi connectivity index (χ3n) is 10.3. The van der Waals surface area contributed by atoms with Gasteiger partial charge in [0.2, 0.25) is 0 Å². The Morgan fingerprint density at radius 1 is 0.627 bits per heavy atom. The van der Waals surface area contributed by atoms with Gasteiger partial charge in [-0.3, -0.25) is 18.6 Å². The smallest absolute Gasteiger partial charge is 0.462 e. The zero-order valence-electron chi connectivity index (χ0n) is 38.2. The average molecular weight is 853 g/mol. The molecular formula is C48H87NO9P+. The van der Waals surface area contributed by atoms with Crippen molar-refractivity contribution in [3.8, 4) is 0 Å². The summed E-state index contributed by atoms with van der Waals surface area (Å²) in [7, 11) is 1.42. The fourth-order valence-corrected chi connectivity index (χ4v) is 7.19. The summed E-state index contributed by atoms with van der Waals surface area (Å²) in [6.45, 7) is 4.30. The third kappa shape index (κ3) is 37.4. The van der Waals surface area contributed by atoms with Crippen LogP contribution >= 0.6 is 7.82 Å². The highest BCUT2D eigenvalue weighted by Crippen LogP contribution is 2.43. The SMILES string of the molecule is CCCCC/C=C\C/C=C\C/C=C\CC1OC1CCCC(=O)O[C@H](COC(=O)CCCCCCCCC/C=C\CCCCCCCC)COP(=O)(O)OCC[N+](C)(C)C. The molecule has 3 unspecified atom stereocenters. The van der Waals surface area contributed by atoms with Crippen molar-refractivity contribution in [1.82, 2.24) is 0 Å². The number of unbranched alkanes of at least 4 members (excludes halogenated alkanes) is 16. The number of esters is 2. The van der Waals surface area contributed by atoms with Gasteiger partial charge in [0.15, 0.2) is 6.10 Å². The third-order valence-corrected chi connectivity index (χ3v) is 11.2. The predicted molar refractivity (Wildman–Crippen MR) is 242 cm³/mol. The second-order valence-corrected chi connectivity index (χ2v) is 18.6. The Morgan fingerprint density at radius 3 is 1.76 bits per heavy atom. The van der Waals surface area contributed by atoms with Crippen LogP contribution < -0.4 is 0 Å². The summed E-state index contributed by atoms with van der Waals surface area (Å²) in [6.07, 6.45) is 44.6. The van der Waals surface area contributed by atoms with Crippen LogP contribution in [0.4, 0.5) is 0 Å². The zero-order chi connectivity index (χ0) is 43.3. The molecule has 1 rings (SSSR count). The molecule has 1 aliphatic rings. The molecule has 0 aromatic heterocycles. The molecule has 0 aromatic carbocycles. The van der Waals surface area contributed by atoms with E-state index in [1.807, 2.05) is 21.1 Å². The Morgan fingerprint density at radius 2 is 1.14 bits per heavy atom. The summed E-state index contributed by atoms with van der Waals surface area (Å²) >= 11 is 0. The number of carbonyl (C=O) groups excluding carboxylic acids is 2. The molecule has 4 atom stereocenters. The van der Waals surface area contributed by atoms with Gasteiger partial charge in [-0.1, -0.05) is 140 Å². The fourth-order valence-electron chi connectivity index (χ4n) is 6.45. The summed E-state index contributed by atoms with van der Waals surface area (Å²) in [5.41, 5.74) is 0. The summed E-state index contributed by atoms with van der Waals surface area (Å²) in [6, 6.07) is 0. The van der Waals surface area contributed by atoms with Crippen molar-refractivity contribution in [3.63, 3.8) is 0 Å². The molecule has 342 valence electrons. The van der Waals surface area contributed by atoms with Crippen LogP contribution in [0.3, 0.4) is 0 Å². The van der Waals surface area contributed by atoms with E-state index in [4.69, 9.17) is 23.3 Å². The summed E-state index contributed by atoms with van der Waals surface area (Å²) in [5, 5.41) is 0. The van der Waals surface area contributed by atoms with E-state index in [1.165, 1.54) is 89.9 Å². The van der Waals surface area contributed by atoms with Gasteiger partial charge in [-0.15, -0.1) is 0 Å². The van der Waals surface area contributed by atoms with E-state index in [1.54, 1.807) is 0 Å². The molecule has 0 saturated carbocycles. The molecule has 0 bridgehead atoms. The predicted octanol–water partition coefficient (Wildman–Crippen LogP) is 12.5. The number of epoxide rings is 1. The van der Waals surface area contributed by atoms with E-state index in [9.17, 15) is 19.0 Å². The minimum absolute atomic E-state index is 0.0155. The molecule has 1 N–H and O–H groups in total. The van der Waals surface area contributed by atoms with Gasteiger partial charge in [0, 0.05) is 12.8 Å². The quantitative estimate of drug-likeness (QED) is 0.0160. The number of likely N-dealkylation sites (N-methyl/N-ethyl adjacent to an activating group) is 1. The molecular weight excluding hydrogens is 766 g/mol. The standard InChI is InChI=1S/C48H86NO9P/c1-6-8-10-12-14-16-18-20-21-22-23-24-26-28-30-32-34-38-47(50)54-42-44(43-56-59(52,53)55-41-40-49(3,4)5)57-48(51)39-35-37-46-45(58-46)36-33-31-29-27-25-19-17-15-13-11-9-7-2/h15,17,20-21,25,27,31,33,44-46H,6-14,16,18-19,22-24,26,28-30,32,34-43H2,1-5H3/p+1/b17-15-,21-20-,27-25-,33-31-/t44-,45?,46?/m1/s1. The highest BCUT2D eigenvalue weighted by Gasteiger charge is 2.37. The molecule has 11 heteroatoms. The van der Waals surface area contributed by atoms with E-state index in [2.05, 4.69) is 62.5 Å². The molecule has 0 radical (unpaired) electrons. The van der Waals surface area contributed by atoms with Crippen LogP contribution in [0.25, 0.3) is 0 Å². The van der Waals surface area contributed by atoms with E-state index in [-0.39, 0.29) is 38.3 Å². The van der Waals surface area contributed by atoms with Gasteiger partial charge in [-0.2, -0.15) is 0 Å². The van der Waals surface area contributed by atoms with Crippen LogP contribution in [-0.2, 0) is 37.4 Å². The van der Waals surface area contributed by atoms with Crippen molar-refractivity contribution in [3.05, 3.63) is 48.6 Å². The van der Waals surface area contributed by atoms with Crippen LogP contribution in [-0.4, -0.2) is 87.1 Å². The molecule has 1 saturated heterocycles. The number of nitrogens with zero attached hydrogens (tertiary/aromatic N) is 1. The van der Waals surface area contributed by atoms with Gasteiger partial charge in [0.25, 0.3) is 0 Å². The number of ether oxygens (including phenoxy) is 3.